The SMILES string of the molecule is [2H]c1nc(N(C)C[C@H]2CC[C@H](NCC(=O)OC)CC2)c([2H])c([2H])c1I. The molecule has 0 amide bonds. The third-order valence-corrected chi connectivity index (χ3v) is 4.56. The fourth-order valence-electron chi connectivity index (χ4n) is 2.77. The average Bonchev–Trinajstić information content (AvgIpc) is 2.61. The van der Waals surface area contributed by atoms with Crippen LogP contribution in [0.3, 0.4) is 0 Å². The van der Waals surface area contributed by atoms with Gasteiger partial charge in [0.05, 0.1) is 17.8 Å². The summed E-state index contributed by atoms with van der Waals surface area (Å²) in [4.78, 5) is 17.3. The highest BCUT2D eigenvalue weighted by Gasteiger charge is 2.22. The number of hydrogen-bond acceptors (Lipinski definition) is 5. The second kappa shape index (κ2) is 8.67. The Bertz CT molecular complexity index is 625. The standard InChI is InChI=1S/C16H24IN3O2/c1-20(15-8-5-13(17)9-19-15)11-12-3-6-14(7-4-12)18-10-16(21)22-2/h5,8-9,12,14,18H,3-4,6-7,10-11H2,1-2H3/t12-,14-/i5D,8D,9D. The Kier molecular flexibility index (Phi) is 5.33. The number of nitrogens with one attached hydrogen (secondary N) is 1. The molecule has 1 aliphatic rings. The third-order valence-electron chi connectivity index (χ3n) is 4.05. The molecule has 0 radical (unpaired) electrons. The van der Waals surface area contributed by atoms with E-state index in [-0.39, 0.29) is 30.8 Å². The van der Waals surface area contributed by atoms with Gasteiger partial charge in [-0.15, -0.1) is 0 Å². The van der Waals surface area contributed by atoms with Crippen molar-refractivity contribution in [1.29, 1.82) is 0 Å². The summed E-state index contributed by atoms with van der Waals surface area (Å²) in [6.07, 6.45) is 4.11. The van der Waals surface area contributed by atoms with Crippen LogP contribution < -0.4 is 10.2 Å². The van der Waals surface area contributed by atoms with E-state index in [0.29, 0.717) is 21.3 Å². The van der Waals surface area contributed by atoms with Gasteiger partial charge in [-0.25, -0.2) is 4.98 Å². The number of pyridine rings is 1. The van der Waals surface area contributed by atoms with Gasteiger partial charge in [0.1, 0.15) is 5.82 Å². The predicted octanol–water partition coefficient (Wildman–Crippen LogP) is 2.44. The van der Waals surface area contributed by atoms with Gasteiger partial charge in [-0.3, -0.25) is 4.79 Å². The van der Waals surface area contributed by atoms with Crippen LogP contribution in [-0.4, -0.2) is 44.2 Å². The molecule has 6 heteroatoms. The molecule has 0 bridgehead atoms. The fourth-order valence-corrected chi connectivity index (χ4v) is 3.03. The lowest BCUT2D eigenvalue weighted by molar-refractivity contribution is -0.139. The maximum atomic E-state index is 11.2. The summed E-state index contributed by atoms with van der Waals surface area (Å²) < 4.78 is 28.9. The molecule has 0 spiro atoms. The van der Waals surface area contributed by atoms with E-state index in [0.717, 1.165) is 32.2 Å². The molecule has 22 heavy (non-hydrogen) atoms. The normalized spacial score (nSPS) is 23.3. The van der Waals surface area contributed by atoms with Gasteiger partial charge < -0.3 is 15.0 Å². The Balaban J connectivity index is 1.89. The number of carbonyl (C=O) groups is 1. The molecule has 1 aliphatic carbocycles. The lowest BCUT2D eigenvalue weighted by Gasteiger charge is -2.32. The first-order valence-electron chi connectivity index (χ1n) is 8.98. The number of rotatable bonds is 6. The molecule has 1 saturated carbocycles. The number of methoxy groups -OCH3 is 1. The monoisotopic (exact) mass is 420 g/mol. The Hall–Kier alpha value is -0.890. The molecule has 0 atom stereocenters. The van der Waals surface area contributed by atoms with Crippen molar-refractivity contribution in [2.45, 2.75) is 31.7 Å². The molecular weight excluding hydrogens is 393 g/mol. The third kappa shape index (κ3) is 5.39. The summed E-state index contributed by atoms with van der Waals surface area (Å²) in [5.41, 5.74) is 0. The highest BCUT2D eigenvalue weighted by molar-refractivity contribution is 14.1. The summed E-state index contributed by atoms with van der Waals surface area (Å²) in [5, 5.41) is 3.23. The minimum atomic E-state index is -0.244. The highest BCUT2D eigenvalue weighted by Crippen LogP contribution is 2.26. The quantitative estimate of drug-likeness (QED) is 0.566. The van der Waals surface area contributed by atoms with Crippen molar-refractivity contribution >= 4 is 34.4 Å². The zero-order valence-corrected chi connectivity index (χ0v) is 15.1. The van der Waals surface area contributed by atoms with Gasteiger partial charge >= 0.3 is 5.97 Å². The lowest BCUT2D eigenvalue weighted by atomic mass is 9.85. The molecule has 1 fully saturated rings. The molecule has 1 aromatic rings. The molecule has 2 rings (SSSR count). The number of ether oxygens (including phenoxy) is 1. The van der Waals surface area contributed by atoms with Crippen molar-refractivity contribution in [2.24, 2.45) is 5.92 Å². The van der Waals surface area contributed by atoms with Crippen molar-refractivity contribution in [3.05, 3.63) is 21.8 Å². The molecule has 0 unspecified atom stereocenters. The molecular formula is C16H24IN3O2. The lowest BCUT2D eigenvalue weighted by Crippen LogP contribution is -2.38. The van der Waals surface area contributed by atoms with Gasteiger partial charge in [-0.1, -0.05) is 0 Å². The van der Waals surface area contributed by atoms with Crippen LogP contribution in [0.25, 0.3) is 0 Å². The zero-order valence-electron chi connectivity index (χ0n) is 16.0. The number of esters is 1. The molecule has 1 aromatic heterocycles. The van der Waals surface area contributed by atoms with E-state index >= 15 is 0 Å². The average molecular weight is 420 g/mol. The Labute approximate surface area is 150 Å². The molecule has 0 aromatic carbocycles. The maximum Gasteiger partial charge on any atom is 0.319 e. The first kappa shape index (κ1) is 13.5. The molecule has 0 saturated heterocycles. The van der Waals surface area contributed by atoms with Crippen molar-refractivity contribution in [2.75, 3.05) is 32.1 Å². The van der Waals surface area contributed by atoms with Crippen molar-refractivity contribution in [3.8, 4) is 0 Å². The predicted molar refractivity (Wildman–Crippen MR) is 96.0 cm³/mol. The van der Waals surface area contributed by atoms with E-state index in [4.69, 9.17) is 4.11 Å². The van der Waals surface area contributed by atoms with Gasteiger partial charge in [0.2, 0.25) is 0 Å². The van der Waals surface area contributed by atoms with Gasteiger partial charge in [0, 0.05) is 29.4 Å². The Morgan fingerprint density at radius 3 is 2.91 bits per heavy atom. The zero-order chi connectivity index (χ0) is 18.6. The van der Waals surface area contributed by atoms with Crippen molar-refractivity contribution < 1.29 is 13.6 Å². The molecule has 0 aliphatic heterocycles. The summed E-state index contributed by atoms with van der Waals surface area (Å²) in [6, 6.07) is 0.484. The van der Waals surface area contributed by atoms with Crippen LogP contribution in [0.1, 0.15) is 29.8 Å². The topological polar surface area (TPSA) is 54.5 Å². The highest BCUT2D eigenvalue weighted by atomic mass is 127. The second-order valence-electron chi connectivity index (χ2n) is 5.67. The molecule has 1 N–H and O–H groups in total. The van der Waals surface area contributed by atoms with E-state index in [1.54, 1.807) is 0 Å². The van der Waals surface area contributed by atoms with Crippen LogP contribution in [0.4, 0.5) is 5.82 Å². The first-order valence-corrected chi connectivity index (χ1v) is 8.56. The number of carbonyl (C=O) groups excluding carboxylic acids is 1. The van der Waals surface area contributed by atoms with Gasteiger partial charge in [0.15, 0.2) is 0 Å². The minimum Gasteiger partial charge on any atom is -0.468 e. The van der Waals surface area contributed by atoms with Crippen molar-refractivity contribution in [3.63, 3.8) is 0 Å². The summed E-state index contributed by atoms with van der Waals surface area (Å²) in [6.45, 7) is 1.00. The van der Waals surface area contributed by atoms with Crippen LogP contribution in [0.2, 0.25) is 0 Å². The van der Waals surface area contributed by atoms with E-state index in [1.807, 2.05) is 34.5 Å². The Morgan fingerprint density at radius 2 is 2.23 bits per heavy atom. The van der Waals surface area contributed by atoms with Crippen LogP contribution >= 0.6 is 22.6 Å². The molecule has 1 heterocycles. The first-order chi connectivity index (χ1) is 11.8. The number of hydrogen-bond donors (Lipinski definition) is 1. The molecule has 122 valence electrons. The van der Waals surface area contributed by atoms with Crippen LogP contribution in [0.15, 0.2) is 18.3 Å². The van der Waals surface area contributed by atoms with E-state index in [1.165, 1.54) is 7.11 Å². The maximum absolute atomic E-state index is 11.2. The second-order valence-corrected chi connectivity index (χ2v) is 6.75. The van der Waals surface area contributed by atoms with Crippen LogP contribution in [0, 0.1) is 9.49 Å². The van der Waals surface area contributed by atoms with Crippen molar-refractivity contribution in [1.82, 2.24) is 10.3 Å². The number of nitrogens with zero attached hydrogens (tertiary/aromatic N) is 2. The van der Waals surface area contributed by atoms with Gasteiger partial charge in [-0.2, -0.15) is 0 Å². The minimum absolute atomic E-state index is 0.0548. The van der Waals surface area contributed by atoms with E-state index in [9.17, 15) is 4.79 Å². The summed E-state index contributed by atoms with van der Waals surface area (Å²) >= 11 is 1.89. The number of anilines is 1. The Morgan fingerprint density at radius 1 is 1.50 bits per heavy atom. The largest absolute Gasteiger partial charge is 0.468 e. The summed E-state index contributed by atoms with van der Waals surface area (Å²) in [5.74, 6) is 0.637. The number of aromatic nitrogens is 1. The number of halogens is 1. The van der Waals surface area contributed by atoms with Gasteiger partial charge in [0.25, 0.3) is 0 Å². The van der Waals surface area contributed by atoms with Crippen LogP contribution in [0.5, 0.6) is 0 Å². The van der Waals surface area contributed by atoms with Crippen LogP contribution in [-0.2, 0) is 9.53 Å². The van der Waals surface area contributed by atoms with E-state index in [2.05, 4.69) is 15.0 Å². The van der Waals surface area contributed by atoms with E-state index < -0.39 is 0 Å². The fraction of sp³-hybridized carbons (Fsp3) is 0.625. The smallest absolute Gasteiger partial charge is 0.319 e. The summed E-state index contributed by atoms with van der Waals surface area (Å²) in [7, 11) is 3.26. The molecule has 5 nitrogen and oxygen atoms in total. The van der Waals surface area contributed by atoms with Gasteiger partial charge in [-0.05, 0) is 66.3 Å².